The van der Waals surface area contributed by atoms with Gasteiger partial charge in [0.25, 0.3) is 0 Å². The number of carbonyl (C=O) groups excluding carboxylic acids is 1. The molecule has 2 aromatic rings. The lowest BCUT2D eigenvalue weighted by atomic mass is 10.00. The number of anilines is 3. The number of amides is 1. The number of benzene rings is 1. The SMILES string of the molecule is CCOC(=O)Nc1c(C)cc(N)nc1NCc1c(C)cc(C)cc1C. The van der Waals surface area contributed by atoms with Crippen LogP contribution in [0.2, 0.25) is 0 Å². The van der Waals surface area contributed by atoms with Crippen LogP contribution in [0.25, 0.3) is 0 Å². The quantitative estimate of drug-likeness (QED) is 0.762. The zero-order chi connectivity index (χ0) is 18.6. The molecular formula is C19H26N4O2. The van der Waals surface area contributed by atoms with Gasteiger partial charge < -0.3 is 15.8 Å². The second-order valence-corrected chi connectivity index (χ2v) is 6.16. The molecule has 0 aliphatic rings. The van der Waals surface area contributed by atoms with E-state index < -0.39 is 6.09 Å². The Kier molecular flexibility index (Phi) is 5.85. The van der Waals surface area contributed by atoms with Gasteiger partial charge in [0.2, 0.25) is 0 Å². The second kappa shape index (κ2) is 7.88. The lowest BCUT2D eigenvalue weighted by Gasteiger charge is -2.17. The zero-order valence-corrected chi connectivity index (χ0v) is 15.5. The van der Waals surface area contributed by atoms with Crippen LogP contribution < -0.4 is 16.4 Å². The van der Waals surface area contributed by atoms with Crippen LogP contribution in [0.15, 0.2) is 18.2 Å². The highest BCUT2D eigenvalue weighted by atomic mass is 16.5. The fourth-order valence-electron chi connectivity index (χ4n) is 2.91. The van der Waals surface area contributed by atoms with Crippen molar-refractivity contribution in [3.8, 4) is 0 Å². The highest BCUT2D eigenvalue weighted by molar-refractivity contribution is 5.90. The third kappa shape index (κ3) is 4.62. The van der Waals surface area contributed by atoms with Crippen molar-refractivity contribution in [2.75, 3.05) is 23.0 Å². The first kappa shape index (κ1) is 18.6. The van der Waals surface area contributed by atoms with Gasteiger partial charge in [-0.2, -0.15) is 0 Å². The molecule has 134 valence electrons. The van der Waals surface area contributed by atoms with E-state index in [4.69, 9.17) is 10.5 Å². The topological polar surface area (TPSA) is 89.3 Å². The monoisotopic (exact) mass is 342 g/mol. The number of aryl methyl sites for hydroxylation is 4. The Morgan fingerprint density at radius 2 is 1.76 bits per heavy atom. The molecule has 0 atom stereocenters. The highest BCUT2D eigenvalue weighted by Crippen LogP contribution is 2.27. The van der Waals surface area contributed by atoms with Crippen LogP contribution in [0.4, 0.5) is 22.1 Å². The minimum absolute atomic E-state index is 0.303. The first-order valence-corrected chi connectivity index (χ1v) is 8.33. The van der Waals surface area contributed by atoms with E-state index in [1.807, 2.05) is 6.92 Å². The number of nitrogen functional groups attached to an aromatic ring is 1. The van der Waals surface area contributed by atoms with E-state index in [-0.39, 0.29) is 0 Å². The van der Waals surface area contributed by atoms with Gasteiger partial charge in [-0.1, -0.05) is 17.7 Å². The maximum Gasteiger partial charge on any atom is 0.411 e. The lowest BCUT2D eigenvalue weighted by Crippen LogP contribution is -2.17. The number of rotatable bonds is 5. The number of hydrogen-bond acceptors (Lipinski definition) is 5. The first-order chi connectivity index (χ1) is 11.8. The van der Waals surface area contributed by atoms with Crippen molar-refractivity contribution in [2.24, 2.45) is 0 Å². The summed E-state index contributed by atoms with van der Waals surface area (Å²) in [7, 11) is 0. The fourth-order valence-corrected chi connectivity index (χ4v) is 2.91. The normalized spacial score (nSPS) is 10.4. The summed E-state index contributed by atoms with van der Waals surface area (Å²) in [4.78, 5) is 16.1. The molecule has 0 aliphatic heterocycles. The smallest absolute Gasteiger partial charge is 0.411 e. The van der Waals surface area contributed by atoms with Crippen molar-refractivity contribution < 1.29 is 9.53 Å². The molecule has 0 radical (unpaired) electrons. The Morgan fingerprint density at radius 1 is 1.12 bits per heavy atom. The van der Waals surface area contributed by atoms with E-state index in [2.05, 4.69) is 48.5 Å². The summed E-state index contributed by atoms with van der Waals surface area (Å²) in [5.41, 5.74) is 12.1. The standard InChI is InChI=1S/C19H26N4O2/c1-6-25-19(24)23-17-14(5)9-16(20)22-18(17)21-10-15-12(3)7-11(2)8-13(15)4/h7-9H,6,10H2,1-5H3,(H,23,24)(H3,20,21,22). The van der Waals surface area contributed by atoms with Crippen molar-refractivity contribution in [3.05, 3.63) is 46.0 Å². The summed E-state index contributed by atoms with van der Waals surface area (Å²) in [5.74, 6) is 0.927. The second-order valence-electron chi connectivity index (χ2n) is 6.16. The average Bonchev–Trinajstić information content (AvgIpc) is 2.49. The third-order valence-electron chi connectivity index (χ3n) is 4.01. The molecule has 0 aliphatic carbocycles. The minimum atomic E-state index is -0.511. The number of nitrogens with two attached hydrogens (primary N) is 1. The van der Waals surface area contributed by atoms with Gasteiger partial charge in [0.05, 0.1) is 12.3 Å². The van der Waals surface area contributed by atoms with Crippen LogP contribution >= 0.6 is 0 Å². The van der Waals surface area contributed by atoms with E-state index in [0.29, 0.717) is 30.5 Å². The van der Waals surface area contributed by atoms with Gasteiger partial charge in [-0.05, 0) is 62.9 Å². The van der Waals surface area contributed by atoms with Crippen LogP contribution in [0.3, 0.4) is 0 Å². The molecule has 1 aromatic carbocycles. The number of aromatic nitrogens is 1. The van der Waals surface area contributed by atoms with E-state index in [1.54, 1.807) is 13.0 Å². The number of nitrogens with zero attached hydrogens (tertiary/aromatic N) is 1. The molecule has 0 bridgehead atoms. The summed E-state index contributed by atoms with van der Waals surface area (Å²) >= 11 is 0. The Morgan fingerprint density at radius 3 is 2.36 bits per heavy atom. The summed E-state index contributed by atoms with van der Waals surface area (Å²) < 4.78 is 4.96. The molecule has 0 unspecified atom stereocenters. The lowest BCUT2D eigenvalue weighted by molar-refractivity contribution is 0.168. The molecule has 1 heterocycles. The van der Waals surface area contributed by atoms with Gasteiger partial charge in [-0.15, -0.1) is 0 Å². The van der Waals surface area contributed by atoms with Gasteiger partial charge >= 0.3 is 6.09 Å². The van der Waals surface area contributed by atoms with E-state index in [9.17, 15) is 4.79 Å². The molecular weight excluding hydrogens is 316 g/mol. The Bertz CT molecular complexity index is 764. The number of carbonyl (C=O) groups is 1. The zero-order valence-electron chi connectivity index (χ0n) is 15.5. The van der Waals surface area contributed by atoms with Crippen LogP contribution in [-0.4, -0.2) is 17.7 Å². The van der Waals surface area contributed by atoms with Crippen molar-refractivity contribution in [2.45, 2.75) is 41.2 Å². The number of pyridine rings is 1. The largest absolute Gasteiger partial charge is 0.450 e. The number of nitrogens with one attached hydrogen (secondary N) is 2. The van der Waals surface area contributed by atoms with Crippen molar-refractivity contribution >= 4 is 23.4 Å². The van der Waals surface area contributed by atoms with Gasteiger partial charge in [-0.3, -0.25) is 5.32 Å². The van der Waals surface area contributed by atoms with Crippen LogP contribution in [0.5, 0.6) is 0 Å². The summed E-state index contributed by atoms with van der Waals surface area (Å²) in [6.07, 6.45) is -0.511. The average molecular weight is 342 g/mol. The van der Waals surface area contributed by atoms with Crippen LogP contribution in [-0.2, 0) is 11.3 Å². The molecule has 1 aromatic heterocycles. The molecule has 0 saturated carbocycles. The van der Waals surface area contributed by atoms with Crippen molar-refractivity contribution in [1.82, 2.24) is 4.98 Å². The predicted molar refractivity (Wildman–Crippen MR) is 102 cm³/mol. The summed E-state index contributed by atoms with van der Waals surface area (Å²) in [6, 6.07) is 6.02. The van der Waals surface area contributed by atoms with Gasteiger partial charge in [0, 0.05) is 6.54 Å². The molecule has 0 saturated heterocycles. The molecule has 1 amide bonds. The predicted octanol–water partition coefficient (Wildman–Crippen LogP) is 4.08. The van der Waals surface area contributed by atoms with E-state index in [0.717, 1.165) is 5.56 Å². The molecule has 2 rings (SSSR count). The third-order valence-corrected chi connectivity index (χ3v) is 4.01. The van der Waals surface area contributed by atoms with E-state index >= 15 is 0 Å². The maximum atomic E-state index is 11.8. The molecule has 0 spiro atoms. The molecule has 0 fully saturated rings. The molecule has 6 heteroatoms. The van der Waals surface area contributed by atoms with Crippen LogP contribution in [0.1, 0.15) is 34.7 Å². The Hall–Kier alpha value is -2.76. The Labute approximate surface area is 148 Å². The number of hydrogen-bond donors (Lipinski definition) is 3. The minimum Gasteiger partial charge on any atom is -0.450 e. The molecule has 6 nitrogen and oxygen atoms in total. The molecule has 25 heavy (non-hydrogen) atoms. The summed E-state index contributed by atoms with van der Waals surface area (Å²) in [5, 5.41) is 6.04. The van der Waals surface area contributed by atoms with Crippen molar-refractivity contribution in [1.29, 1.82) is 0 Å². The fraction of sp³-hybridized carbons (Fsp3) is 0.368. The van der Waals surface area contributed by atoms with Gasteiger partial charge in [-0.25, -0.2) is 9.78 Å². The molecule has 4 N–H and O–H groups in total. The van der Waals surface area contributed by atoms with Crippen molar-refractivity contribution in [3.63, 3.8) is 0 Å². The first-order valence-electron chi connectivity index (χ1n) is 8.33. The highest BCUT2D eigenvalue weighted by Gasteiger charge is 2.14. The maximum absolute atomic E-state index is 11.8. The Balaban J connectivity index is 2.28. The van der Waals surface area contributed by atoms with Crippen LogP contribution in [0, 0.1) is 27.7 Å². The van der Waals surface area contributed by atoms with Gasteiger partial charge in [0.1, 0.15) is 5.82 Å². The van der Waals surface area contributed by atoms with E-state index in [1.165, 1.54) is 22.3 Å². The number of ether oxygens (including phenoxy) is 1. The summed E-state index contributed by atoms with van der Waals surface area (Å²) in [6.45, 7) is 10.8. The van der Waals surface area contributed by atoms with Gasteiger partial charge in [0.15, 0.2) is 5.82 Å².